The molecular weight excluding hydrogens is 418 g/mol. The summed E-state index contributed by atoms with van der Waals surface area (Å²) >= 11 is 0. The van der Waals surface area contributed by atoms with Crippen LogP contribution in [0.2, 0.25) is 0 Å². The number of aromatic carboxylic acids is 1. The van der Waals surface area contributed by atoms with Gasteiger partial charge in [-0.3, -0.25) is 9.48 Å². The normalized spacial score (nSPS) is 15.1. The van der Waals surface area contributed by atoms with E-state index < -0.39 is 11.4 Å². The number of aromatic nitrogens is 3. The van der Waals surface area contributed by atoms with Gasteiger partial charge >= 0.3 is 5.97 Å². The Morgan fingerprint density at radius 1 is 1.18 bits per heavy atom. The maximum atomic E-state index is 12.4. The van der Waals surface area contributed by atoms with Crippen molar-refractivity contribution in [3.05, 3.63) is 57.5 Å². The number of aryl methyl sites for hydroxylation is 2. The summed E-state index contributed by atoms with van der Waals surface area (Å²) in [4.78, 5) is 23.8. The van der Waals surface area contributed by atoms with E-state index in [1.807, 2.05) is 29.9 Å². The topological polar surface area (TPSA) is 86.4 Å². The number of hydrogen-bond donors (Lipinski definition) is 1. The lowest BCUT2D eigenvalue weighted by Gasteiger charge is -2.25. The average molecular weight is 450 g/mol. The molecule has 1 aromatic carbocycles. The number of rotatable bonds is 2. The maximum Gasteiger partial charge on any atom is 0.341 e. The Morgan fingerprint density at radius 2 is 1.88 bits per heavy atom. The Labute approximate surface area is 193 Å². The zero-order valence-corrected chi connectivity index (χ0v) is 20.1. The third-order valence-corrected chi connectivity index (χ3v) is 5.70. The third-order valence-electron chi connectivity index (χ3n) is 5.70. The molecule has 0 amide bonds. The zero-order chi connectivity index (χ0) is 24.1. The fourth-order valence-corrected chi connectivity index (χ4v) is 4.45. The Morgan fingerprint density at radius 3 is 2.48 bits per heavy atom. The maximum absolute atomic E-state index is 12.4. The summed E-state index contributed by atoms with van der Waals surface area (Å²) in [6.07, 6.45) is 4.88. The molecule has 0 unspecified atom stereocenters. The molecule has 0 radical (unpaired) electrons. The van der Waals surface area contributed by atoms with E-state index in [2.05, 4.69) is 39.7 Å². The van der Waals surface area contributed by atoms with E-state index >= 15 is 0 Å². The monoisotopic (exact) mass is 449 g/mol. The molecule has 0 spiro atoms. The molecule has 2 aliphatic heterocycles. The predicted octanol–water partition coefficient (Wildman–Crippen LogP) is 4.55. The van der Waals surface area contributed by atoms with Crippen LogP contribution < -0.4 is 10.2 Å². The second kappa shape index (κ2) is 8.21. The summed E-state index contributed by atoms with van der Waals surface area (Å²) < 4.78 is 9.93. The van der Waals surface area contributed by atoms with Gasteiger partial charge in [-0.05, 0) is 43.9 Å². The standard InChI is InChI=1S/C22H21N3O4.C4H10/c1-22(2)10-15-12-4-7-25-11-16(21(27)28)19(26)9-18(25)13(12)8-14(20(15)29-22)17-5-6-24(3)23-17;1-4(2)3/h5-6,8-9,11H,4,7,10H2,1-3H3,(H,27,28);4H,1-3H3. The van der Waals surface area contributed by atoms with Crippen molar-refractivity contribution in [2.24, 2.45) is 13.0 Å². The fourth-order valence-electron chi connectivity index (χ4n) is 4.45. The summed E-state index contributed by atoms with van der Waals surface area (Å²) in [6, 6.07) is 5.42. The summed E-state index contributed by atoms with van der Waals surface area (Å²) in [7, 11) is 1.87. The first-order valence-electron chi connectivity index (χ1n) is 11.3. The van der Waals surface area contributed by atoms with Crippen LogP contribution in [0.1, 0.15) is 56.1 Å². The predicted molar refractivity (Wildman–Crippen MR) is 128 cm³/mol. The lowest BCUT2D eigenvalue weighted by Crippen LogP contribution is -2.25. The van der Waals surface area contributed by atoms with Crippen molar-refractivity contribution in [2.75, 3.05) is 0 Å². The molecule has 3 aromatic rings. The van der Waals surface area contributed by atoms with Crippen LogP contribution in [0.4, 0.5) is 0 Å². The van der Waals surface area contributed by atoms with E-state index in [1.54, 1.807) is 4.68 Å². The molecule has 0 fully saturated rings. The first-order chi connectivity index (χ1) is 15.5. The van der Waals surface area contributed by atoms with Gasteiger partial charge in [0, 0.05) is 55.2 Å². The van der Waals surface area contributed by atoms with Crippen LogP contribution in [0.25, 0.3) is 22.5 Å². The third kappa shape index (κ3) is 4.32. The van der Waals surface area contributed by atoms with Gasteiger partial charge in [-0.15, -0.1) is 0 Å². The van der Waals surface area contributed by atoms with Crippen molar-refractivity contribution in [3.63, 3.8) is 0 Å². The minimum absolute atomic E-state index is 0.201. The minimum Gasteiger partial charge on any atom is -0.487 e. The molecule has 0 saturated heterocycles. The van der Waals surface area contributed by atoms with Gasteiger partial charge in [-0.1, -0.05) is 20.8 Å². The highest BCUT2D eigenvalue weighted by Crippen LogP contribution is 2.48. The van der Waals surface area contributed by atoms with Crippen LogP contribution in [-0.4, -0.2) is 31.0 Å². The highest BCUT2D eigenvalue weighted by Gasteiger charge is 2.37. The molecule has 2 aliphatic rings. The van der Waals surface area contributed by atoms with Gasteiger partial charge in [0.05, 0.1) is 11.4 Å². The summed E-state index contributed by atoms with van der Waals surface area (Å²) in [5, 5.41) is 13.9. The molecule has 33 heavy (non-hydrogen) atoms. The second-order valence-corrected chi connectivity index (χ2v) is 10.1. The van der Waals surface area contributed by atoms with E-state index in [9.17, 15) is 14.7 Å². The largest absolute Gasteiger partial charge is 0.487 e. The average Bonchev–Trinajstić information content (AvgIpc) is 3.28. The van der Waals surface area contributed by atoms with Gasteiger partial charge in [0.15, 0.2) is 5.43 Å². The molecular formula is C26H31N3O4. The second-order valence-electron chi connectivity index (χ2n) is 10.1. The molecule has 2 aromatic heterocycles. The number of carbonyl (C=O) groups is 1. The van der Waals surface area contributed by atoms with Crippen molar-refractivity contribution in [1.82, 2.24) is 14.3 Å². The minimum atomic E-state index is -1.20. The number of ether oxygens (including phenoxy) is 1. The lowest BCUT2D eigenvalue weighted by molar-refractivity contribution is 0.0694. The quantitative estimate of drug-likeness (QED) is 0.620. The van der Waals surface area contributed by atoms with Crippen molar-refractivity contribution in [1.29, 1.82) is 0 Å². The van der Waals surface area contributed by atoms with Crippen molar-refractivity contribution >= 4 is 5.97 Å². The van der Waals surface area contributed by atoms with Crippen molar-refractivity contribution in [2.45, 2.75) is 59.6 Å². The fraction of sp³-hybridized carbons (Fsp3) is 0.423. The van der Waals surface area contributed by atoms with Gasteiger partial charge in [0.1, 0.15) is 16.9 Å². The molecule has 4 heterocycles. The van der Waals surface area contributed by atoms with Crippen molar-refractivity contribution < 1.29 is 14.6 Å². The summed E-state index contributed by atoms with van der Waals surface area (Å²) in [5.41, 5.74) is 4.74. The Bertz CT molecular complexity index is 1290. The van der Waals surface area contributed by atoms with E-state index in [0.29, 0.717) is 6.54 Å². The van der Waals surface area contributed by atoms with Crippen LogP contribution in [0.5, 0.6) is 5.75 Å². The number of carboxylic acid groups (broad SMARTS) is 1. The SMILES string of the molecule is CC(C)C.Cn1ccc(-c2cc3c(c4c2OC(C)(C)C4)CCn2cc(C(=O)O)c(=O)cc2-3)n1. The molecule has 7 heteroatoms. The number of carboxylic acids is 1. The zero-order valence-electron chi connectivity index (χ0n) is 20.1. The molecule has 0 atom stereocenters. The number of pyridine rings is 1. The van der Waals surface area contributed by atoms with E-state index in [0.717, 1.165) is 52.6 Å². The van der Waals surface area contributed by atoms with Gasteiger partial charge < -0.3 is 14.4 Å². The van der Waals surface area contributed by atoms with E-state index in [-0.39, 0.29) is 11.2 Å². The van der Waals surface area contributed by atoms with Crippen molar-refractivity contribution in [3.8, 4) is 28.3 Å². The Hall–Kier alpha value is -3.35. The van der Waals surface area contributed by atoms with Gasteiger partial charge in [-0.25, -0.2) is 4.79 Å². The van der Waals surface area contributed by atoms with Gasteiger partial charge in [0.25, 0.3) is 0 Å². The highest BCUT2D eigenvalue weighted by molar-refractivity contribution is 5.88. The molecule has 0 saturated carbocycles. The number of nitrogens with zero attached hydrogens (tertiary/aromatic N) is 3. The van der Waals surface area contributed by atoms with Gasteiger partial charge in [-0.2, -0.15) is 5.10 Å². The van der Waals surface area contributed by atoms with E-state index in [4.69, 9.17) is 4.74 Å². The summed E-state index contributed by atoms with van der Waals surface area (Å²) in [6.45, 7) is 11.3. The van der Waals surface area contributed by atoms with Crippen LogP contribution in [0, 0.1) is 5.92 Å². The van der Waals surface area contributed by atoms with Gasteiger partial charge in [0.2, 0.25) is 0 Å². The van der Waals surface area contributed by atoms with Crippen LogP contribution in [-0.2, 0) is 26.4 Å². The first kappa shape index (κ1) is 22.8. The number of benzene rings is 1. The molecule has 1 N–H and O–H groups in total. The van der Waals surface area contributed by atoms with E-state index in [1.165, 1.54) is 17.8 Å². The molecule has 0 bridgehead atoms. The summed E-state index contributed by atoms with van der Waals surface area (Å²) in [5.74, 6) is 0.500. The molecule has 174 valence electrons. The molecule has 0 aliphatic carbocycles. The van der Waals surface area contributed by atoms with Crippen LogP contribution in [0.3, 0.4) is 0 Å². The first-order valence-corrected chi connectivity index (χ1v) is 11.3. The highest BCUT2D eigenvalue weighted by atomic mass is 16.5. The number of fused-ring (bicyclic) bond motifs is 5. The Balaban J connectivity index is 0.000000601. The van der Waals surface area contributed by atoms with Crippen LogP contribution >= 0.6 is 0 Å². The van der Waals surface area contributed by atoms with Crippen LogP contribution in [0.15, 0.2) is 35.4 Å². The smallest absolute Gasteiger partial charge is 0.341 e. The molecule has 7 nitrogen and oxygen atoms in total. The molecule has 5 rings (SSSR count). The number of hydrogen-bond acceptors (Lipinski definition) is 4. The Kier molecular flexibility index (Phi) is 5.68. The lowest BCUT2D eigenvalue weighted by atomic mass is 9.86.